The van der Waals surface area contributed by atoms with Crippen LogP contribution in [0.3, 0.4) is 0 Å². The number of aliphatic hydroxyl groups is 1. The monoisotopic (exact) mass is 248 g/mol. The van der Waals surface area contributed by atoms with Gasteiger partial charge in [0.15, 0.2) is 0 Å². The Balaban J connectivity index is 1.94. The van der Waals surface area contributed by atoms with E-state index in [1.165, 1.54) is 5.56 Å². The first-order valence-corrected chi connectivity index (χ1v) is 6.82. The molecule has 1 heterocycles. The van der Waals surface area contributed by atoms with Gasteiger partial charge in [-0.25, -0.2) is 4.98 Å². The Morgan fingerprint density at radius 3 is 2.44 bits per heavy atom. The highest BCUT2D eigenvalue weighted by Gasteiger charge is 2.30. The Hall–Kier alpha value is -1.09. The zero-order valence-electron chi connectivity index (χ0n) is 11.7. The first-order chi connectivity index (χ1) is 8.39. The van der Waals surface area contributed by atoms with Crippen LogP contribution >= 0.6 is 0 Å². The van der Waals surface area contributed by atoms with Crippen LogP contribution in [0.1, 0.15) is 52.0 Å². The van der Waals surface area contributed by atoms with Crippen LogP contribution in [-0.2, 0) is 5.41 Å². The average Bonchev–Trinajstić information content (AvgIpc) is 2.74. The van der Waals surface area contributed by atoms with E-state index in [0.717, 1.165) is 31.5 Å². The number of rotatable bonds is 3. The zero-order chi connectivity index (χ0) is 13.2. The van der Waals surface area contributed by atoms with Gasteiger partial charge in [-0.3, -0.25) is 0 Å². The third-order valence-electron chi connectivity index (χ3n) is 3.76. The molecule has 1 saturated carbocycles. The first-order valence-electron chi connectivity index (χ1n) is 6.82. The molecule has 100 valence electrons. The van der Waals surface area contributed by atoms with E-state index in [2.05, 4.69) is 37.1 Å². The fourth-order valence-electron chi connectivity index (χ4n) is 2.41. The standard InChI is InChI=1S/C15H24N2O/c1-14(2,3)12-6-7-13(16-10-12)17-11-15(18)8-4-5-9-15/h6-7,10,18H,4-5,8-9,11H2,1-3H3,(H,16,17). The number of hydrogen-bond acceptors (Lipinski definition) is 3. The number of pyridine rings is 1. The maximum Gasteiger partial charge on any atom is 0.125 e. The lowest BCUT2D eigenvalue weighted by Crippen LogP contribution is -2.33. The van der Waals surface area contributed by atoms with E-state index in [9.17, 15) is 5.11 Å². The molecule has 0 aliphatic heterocycles. The number of aromatic nitrogens is 1. The van der Waals surface area contributed by atoms with E-state index < -0.39 is 5.60 Å². The number of nitrogens with one attached hydrogen (secondary N) is 1. The summed E-state index contributed by atoms with van der Waals surface area (Å²) < 4.78 is 0. The SMILES string of the molecule is CC(C)(C)c1ccc(NCC2(O)CCCC2)nc1. The molecule has 18 heavy (non-hydrogen) atoms. The Morgan fingerprint density at radius 1 is 1.28 bits per heavy atom. The van der Waals surface area contributed by atoms with E-state index in [0.29, 0.717) is 6.54 Å². The highest BCUT2D eigenvalue weighted by atomic mass is 16.3. The van der Waals surface area contributed by atoms with Gasteiger partial charge in [0.05, 0.1) is 5.60 Å². The van der Waals surface area contributed by atoms with Crippen molar-refractivity contribution in [1.29, 1.82) is 0 Å². The molecule has 1 aromatic rings. The number of nitrogens with zero attached hydrogens (tertiary/aromatic N) is 1. The largest absolute Gasteiger partial charge is 0.388 e. The van der Waals surface area contributed by atoms with Gasteiger partial charge in [-0.05, 0) is 29.9 Å². The minimum atomic E-state index is -0.523. The van der Waals surface area contributed by atoms with Crippen LogP contribution in [0.15, 0.2) is 18.3 Å². The second-order valence-electron chi connectivity index (χ2n) is 6.47. The van der Waals surface area contributed by atoms with Crippen LogP contribution in [-0.4, -0.2) is 22.2 Å². The summed E-state index contributed by atoms with van der Waals surface area (Å²) in [5.74, 6) is 0.850. The van der Waals surface area contributed by atoms with Crippen molar-refractivity contribution in [3.05, 3.63) is 23.9 Å². The predicted octanol–water partition coefficient (Wildman–Crippen LogP) is 3.10. The Bertz CT molecular complexity index is 386. The summed E-state index contributed by atoms with van der Waals surface area (Å²) in [5.41, 5.74) is 0.840. The fraction of sp³-hybridized carbons (Fsp3) is 0.667. The van der Waals surface area contributed by atoms with E-state index >= 15 is 0 Å². The van der Waals surface area contributed by atoms with Gasteiger partial charge in [0.25, 0.3) is 0 Å². The van der Waals surface area contributed by atoms with Gasteiger partial charge in [-0.2, -0.15) is 0 Å². The molecular weight excluding hydrogens is 224 g/mol. The molecule has 1 aliphatic carbocycles. The summed E-state index contributed by atoms with van der Waals surface area (Å²) in [4.78, 5) is 4.41. The molecule has 0 atom stereocenters. The fourth-order valence-corrected chi connectivity index (χ4v) is 2.41. The molecule has 0 amide bonds. The summed E-state index contributed by atoms with van der Waals surface area (Å²) in [6.45, 7) is 7.14. The third-order valence-corrected chi connectivity index (χ3v) is 3.76. The molecule has 0 bridgehead atoms. The van der Waals surface area contributed by atoms with Crippen molar-refractivity contribution in [2.24, 2.45) is 0 Å². The molecule has 0 spiro atoms. The molecule has 0 aromatic carbocycles. The lowest BCUT2D eigenvalue weighted by Gasteiger charge is -2.23. The number of hydrogen-bond donors (Lipinski definition) is 2. The molecule has 1 aromatic heterocycles. The topological polar surface area (TPSA) is 45.1 Å². The van der Waals surface area contributed by atoms with Crippen molar-refractivity contribution in [3.63, 3.8) is 0 Å². The summed E-state index contributed by atoms with van der Waals surface area (Å²) in [6, 6.07) is 4.10. The molecule has 0 saturated heterocycles. The van der Waals surface area contributed by atoms with Crippen molar-refractivity contribution in [2.75, 3.05) is 11.9 Å². The average molecular weight is 248 g/mol. The van der Waals surface area contributed by atoms with Gasteiger partial charge in [0.2, 0.25) is 0 Å². The van der Waals surface area contributed by atoms with Crippen LogP contribution in [0.2, 0.25) is 0 Å². The summed E-state index contributed by atoms with van der Waals surface area (Å²) in [6.07, 6.45) is 5.99. The molecule has 2 N–H and O–H groups in total. The third kappa shape index (κ3) is 3.22. The maximum atomic E-state index is 10.2. The molecular formula is C15H24N2O. The van der Waals surface area contributed by atoms with Gasteiger partial charge in [0, 0.05) is 12.7 Å². The highest BCUT2D eigenvalue weighted by molar-refractivity contribution is 5.37. The van der Waals surface area contributed by atoms with Gasteiger partial charge in [0.1, 0.15) is 5.82 Å². The number of anilines is 1. The quantitative estimate of drug-likeness (QED) is 0.864. The summed E-state index contributed by atoms with van der Waals surface area (Å²) in [5, 5.41) is 13.5. The van der Waals surface area contributed by atoms with E-state index in [1.807, 2.05) is 12.3 Å². The molecule has 1 fully saturated rings. The second-order valence-corrected chi connectivity index (χ2v) is 6.47. The van der Waals surface area contributed by atoms with Gasteiger partial charge >= 0.3 is 0 Å². The molecule has 0 radical (unpaired) electrons. The first kappa shape index (κ1) is 13.3. The van der Waals surface area contributed by atoms with E-state index in [4.69, 9.17) is 0 Å². The van der Waals surface area contributed by atoms with Crippen LogP contribution < -0.4 is 5.32 Å². The van der Waals surface area contributed by atoms with Crippen LogP contribution in [0, 0.1) is 0 Å². The lowest BCUT2D eigenvalue weighted by molar-refractivity contribution is 0.0614. The van der Waals surface area contributed by atoms with Crippen molar-refractivity contribution in [1.82, 2.24) is 4.98 Å². The van der Waals surface area contributed by atoms with Crippen LogP contribution in [0.4, 0.5) is 5.82 Å². The summed E-state index contributed by atoms with van der Waals surface area (Å²) in [7, 11) is 0. The predicted molar refractivity (Wildman–Crippen MR) is 74.8 cm³/mol. The van der Waals surface area contributed by atoms with Crippen LogP contribution in [0.5, 0.6) is 0 Å². The molecule has 3 nitrogen and oxygen atoms in total. The van der Waals surface area contributed by atoms with Gasteiger partial charge in [-0.1, -0.05) is 39.7 Å². The molecule has 0 unspecified atom stereocenters. The van der Waals surface area contributed by atoms with E-state index in [1.54, 1.807) is 0 Å². The highest BCUT2D eigenvalue weighted by Crippen LogP contribution is 2.29. The Morgan fingerprint density at radius 2 is 1.94 bits per heavy atom. The zero-order valence-corrected chi connectivity index (χ0v) is 11.7. The molecule has 1 aliphatic rings. The Kier molecular flexibility index (Phi) is 3.62. The maximum absolute atomic E-state index is 10.2. The van der Waals surface area contributed by atoms with Crippen LogP contribution in [0.25, 0.3) is 0 Å². The van der Waals surface area contributed by atoms with Gasteiger partial charge in [-0.15, -0.1) is 0 Å². The normalized spacial score (nSPS) is 18.9. The minimum absolute atomic E-state index is 0.134. The molecule has 2 rings (SSSR count). The molecule has 3 heteroatoms. The van der Waals surface area contributed by atoms with Crippen molar-refractivity contribution >= 4 is 5.82 Å². The van der Waals surface area contributed by atoms with E-state index in [-0.39, 0.29) is 5.41 Å². The van der Waals surface area contributed by atoms with Crippen molar-refractivity contribution in [2.45, 2.75) is 57.5 Å². The van der Waals surface area contributed by atoms with Gasteiger partial charge < -0.3 is 10.4 Å². The van der Waals surface area contributed by atoms with Crippen molar-refractivity contribution < 1.29 is 5.11 Å². The Labute approximate surface area is 110 Å². The minimum Gasteiger partial charge on any atom is -0.388 e. The second kappa shape index (κ2) is 4.88. The summed E-state index contributed by atoms with van der Waals surface area (Å²) >= 11 is 0. The smallest absolute Gasteiger partial charge is 0.125 e. The lowest BCUT2D eigenvalue weighted by atomic mass is 9.88. The van der Waals surface area contributed by atoms with Crippen molar-refractivity contribution in [3.8, 4) is 0 Å².